The minimum Gasteiger partial charge on any atom is -0.456 e. The number of amides is 1. The van der Waals surface area contributed by atoms with Crippen molar-refractivity contribution in [2.24, 2.45) is 0 Å². The number of ether oxygens (including phenoxy) is 1. The molecule has 150 valence electrons. The molecule has 1 aromatic heterocycles. The Balaban J connectivity index is 1.44. The third-order valence-corrected chi connectivity index (χ3v) is 6.01. The Bertz CT molecular complexity index is 915. The molecule has 1 atom stereocenters. The van der Waals surface area contributed by atoms with Gasteiger partial charge in [-0.05, 0) is 56.2 Å². The lowest BCUT2D eigenvalue weighted by atomic mass is 9.89. The molecule has 7 heteroatoms. The Kier molecular flexibility index (Phi) is 6.67. The molecule has 1 N–H and O–H groups in total. The molecule has 1 amide bonds. The van der Waals surface area contributed by atoms with Crippen LogP contribution in [-0.2, 0) is 33.7 Å². The van der Waals surface area contributed by atoms with Crippen molar-refractivity contribution in [3.63, 3.8) is 0 Å². The number of nitrogens with zero attached hydrogens (tertiary/aromatic N) is 1. The highest BCUT2D eigenvalue weighted by molar-refractivity contribution is 7.07. The number of aryl methyl sites for hydroxylation is 3. The van der Waals surface area contributed by atoms with Crippen LogP contribution in [0.5, 0.6) is 0 Å². The second-order valence-electron chi connectivity index (χ2n) is 7.23. The minimum absolute atomic E-state index is 0.0607. The molecular weight excluding hydrogens is 376 g/mol. The third-order valence-electron chi connectivity index (χ3n) is 5.13. The van der Waals surface area contributed by atoms with Crippen molar-refractivity contribution in [2.45, 2.75) is 58.5 Å². The van der Waals surface area contributed by atoms with Gasteiger partial charge in [0, 0.05) is 17.6 Å². The number of hydrogen-bond donors (Lipinski definition) is 1. The zero-order valence-electron chi connectivity index (χ0n) is 16.3. The van der Waals surface area contributed by atoms with E-state index in [9.17, 15) is 14.4 Å². The summed E-state index contributed by atoms with van der Waals surface area (Å²) in [6.45, 7) is 3.70. The van der Waals surface area contributed by atoms with E-state index in [4.69, 9.17) is 4.74 Å². The molecule has 0 spiro atoms. The van der Waals surface area contributed by atoms with Crippen LogP contribution in [0.4, 0.5) is 0 Å². The number of rotatable bonds is 7. The summed E-state index contributed by atoms with van der Waals surface area (Å²) >= 11 is 1.11. The van der Waals surface area contributed by atoms with Gasteiger partial charge in [-0.15, -0.1) is 0 Å². The Hall–Kier alpha value is -2.41. The number of esters is 1. The number of carbonyl (C=O) groups is 2. The normalized spacial score (nSPS) is 14.2. The molecule has 1 aliphatic carbocycles. The summed E-state index contributed by atoms with van der Waals surface area (Å²) in [6, 6.07) is 6.24. The molecule has 1 heterocycles. The molecule has 2 aromatic rings. The minimum atomic E-state index is -0.492. The molecule has 0 aliphatic heterocycles. The van der Waals surface area contributed by atoms with Gasteiger partial charge >= 0.3 is 10.8 Å². The number of fused-ring (bicyclic) bond motifs is 1. The summed E-state index contributed by atoms with van der Waals surface area (Å²) < 4.78 is 6.58. The predicted molar refractivity (Wildman–Crippen MR) is 109 cm³/mol. The van der Waals surface area contributed by atoms with Crippen LogP contribution in [0.15, 0.2) is 28.4 Å². The molecule has 6 nitrogen and oxygen atoms in total. The van der Waals surface area contributed by atoms with Crippen molar-refractivity contribution < 1.29 is 14.3 Å². The van der Waals surface area contributed by atoms with Gasteiger partial charge < -0.3 is 14.6 Å². The number of aromatic nitrogens is 1. The molecule has 0 fully saturated rings. The SMILES string of the molecule is Cc1csc(=O)n1CCC(=O)OCC(=O)NC(C)c1ccc2c(c1)CCCC2. The first-order valence-corrected chi connectivity index (χ1v) is 10.5. The maximum Gasteiger partial charge on any atom is 0.308 e. The first-order chi connectivity index (χ1) is 13.4. The van der Waals surface area contributed by atoms with Crippen molar-refractivity contribution in [1.82, 2.24) is 9.88 Å². The van der Waals surface area contributed by atoms with Gasteiger partial charge in [-0.3, -0.25) is 14.4 Å². The summed E-state index contributed by atoms with van der Waals surface area (Å²) in [6.07, 6.45) is 4.73. The lowest BCUT2D eigenvalue weighted by molar-refractivity contribution is -0.148. The highest BCUT2D eigenvalue weighted by Gasteiger charge is 2.15. The molecule has 0 bridgehead atoms. The van der Waals surface area contributed by atoms with Crippen LogP contribution in [0.25, 0.3) is 0 Å². The van der Waals surface area contributed by atoms with Gasteiger partial charge in [0.05, 0.1) is 12.5 Å². The van der Waals surface area contributed by atoms with Crippen molar-refractivity contribution in [1.29, 1.82) is 0 Å². The summed E-state index contributed by atoms with van der Waals surface area (Å²) in [5.74, 6) is -0.823. The number of thiazole rings is 1. The zero-order valence-corrected chi connectivity index (χ0v) is 17.1. The monoisotopic (exact) mass is 402 g/mol. The Morgan fingerprint density at radius 2 is 2.00 bits per heavy atom. The molecule has 0 radical (unpaired) electrons. The van der Waals surface area contributed by atoms with E-state index in [2.05, 4.69) is 23.5 Å². The summed E-state index contributed by atoms with van der Waals surface area (Å²) in [7, 11) is 0. The largest absolute Gasteiger partial charge is 0.456 e. The van der Waals surface area contributed by atoms with Gasteiger partial charge in [0.2, 0.25) is 0 Å². The topological polar surface area (TPSA) is 77.4 Å². The number of carbonyl (C=O) groups excluding carboxylic acids is 2. The standard InChI is InChI=1S/C21H26N2O4S/c1-14-13-28-21(26)23(14)10-9-20(25)27-12-19(24)22-15(2)17-8-7-16-5-3-4-6-18(16)11-17/h7-8,11,13,15H,3-6,9-10,12H2,1-2H3,(H,22,24). The first kappa shape index (κ1) is 20.3. The van der Waals surface area contributed by atoms with E-state index in [1.54, 1.807) is 5.38 Å². The zero-order chi connectivity index (χ0) is 20.1. The van der Waals surface area contributed by atoms with E-state index >= 15 is 0 Å². The van der Waals surface area contributed by atoms with E-state index in [-0.39, 0.29) is 36.4 Å². The third kappa shape index (κ3) is 5.10. The van der Waals surface area contributed by atoms with Crippen LogP contribution in [-0.4, -0.2) is 23.1 Å². The quantitative estimate of drug-likeness (QED) is 0.723. The highest BCUT2D eigenvalue weighted by Crippen LogP contribution is 2.24. The molecule has 1 aliphatic rings. The van der Waals surface area contributed by atoms with Crippen LogP contribution < -0.4 is 10.2 Å². The van der Waals surface area contributed by atoms with E-state index in [1.807, 2.05) is 13.8 Å². The average Bonchev–Trinajstić information content (AvgIpc) is 3.02. The van der Waals surface area contributed by atoms with E-state index in [0.29, 0.717) is 0 Å². The van der Waals surface area contributed by atoms with Gasteiger partial charge in [0.15, 0.2) is 6.61 Å². The number of nitrogens with one attached hydrogen (secondary N) is 1. The maximum atomic E-state index is 12.1. The number of benzene rings is 1. The summed E-state index contributed by atoms with van der Waals surface area (Å²) in [4.78, 5) is 35.5. The van der Waals surface area contributed by atoms with Crippen LogP contribution in [0.1, 0.15) is 54.6 Å². The van der Waals surface area contributed by atoms with E-state index < -0.39 is 5.97 Å². The highest BCUT2D eigenvalue weighted by atomic mass is 32.1. The Labute approximate surface area is 168 Å². The molecular formula is C21H26N2O4S. The van der Waals surface area contributed by atoms with Crippen molar-refractivity contribution in [3.05, 3.63) is 55.6 Å². The molecule has 1 unspecified atom stereocenters. The Morgan fingerprint density at radius 1 is 1.25 bits per heavy atom. The maximum absolute atomic E-state index is 12.1. The molecule has 3 rings (SSSR count). The van der Waals surface area contributed by atoms with Crippen molar-refractivity contribution in [2.75, 3.05) is 6.61 Å². The second kappa shape index (κ2) is 9.19. The Morgan fingerprint density at radius 3 is 2.71 bits per heavy atom. The smallest absolute Gasteiger partial charge is 0.308 e. The van der Waals surface area contributed by atoms with E-state index in [1.165, 1.54) is 28.5 Å². The van der Waals surface area contributed by atoms with Gasteiger partial charge in [0.25, 0.3) is 5.91 Å². The fourth-order valence-electron chi connectivity index (χ4n) is 3.49. The fraction of sp³-hybridized carbons (Fsp3) is 0.476. The lowest BCUT2D eigenvalue weighted by Crippen LogP contribution is -2.31. The molecule has 0 saturated carbocycles. The first-order valence-electron chi connectivity index (χ1n) is 9.65. The van der Waals surface area contributed by atoms with Crippen molar-refractivity contribution in [3.8, 4) is 0 Å². The second-order valence-corrected chi connectivity index (χ2v) is 8.05. The fourth-order valence-corrected chi connectivity index (χ4v) is 4.25. The molecule has 0 saturated heterocycles. The van der Waals surface area contributed by atoms with Gasteiger partial charge in [0.1, 0.15) is 0 Å². The summed E-state index contributed by atoms with van der Waals surface area (Å²) in [5, 5.41) is 4.63. The average molecular weight is 403 g/mol. The summed E-state index contributed by atoms with van der Waals surface area (Å²) in [5.41, 5.74) is 4.66. The van der Waals surface area contributed by atoms with E-state index in [0.717, 1.165) is 35.4 Å². The molecule has 1 aromatic carbocycles. The van der Waals surface area contributed by atoms with Gasteiger partial charge in [-0.2, -0.15) is 0 Å². The van der Waals surface area contributed by atoms with Gasteiger partial charge in [-0.1, -0.05) is 29.5 Å². The molecule has 28 heavy (non-hydrogen) atoms. The predicted octanol–water partition coefficient (Wildman–Crippen LogP) is 2.91. The number of hydrogen-bond acceptors (Lipinski definition) is 5. The van der Waals surface area contributed by atoms with Crippen molar-refractivity contribution >= 4 is 23.2 Å². The van der Waals surface area contributed by atoms with Crippen LogP contribution in [0, 0.1) is 6.92 Å². The van der Waals surface area contributed by atoms with Crippen LogP contribution in [0.3, 0.4) is 0 Å². The van der Waals surface area contributed by atoms with Crippen LogP contribution >= 0.6 is 11.3 Å². The van der Waals surface area contributed by atoms with Gasteiger partial charge in [-0.25, -0.2) is 0 Å². The lowest BCUT2D eigenvalue weighted by Gasteiger charge is -2.20. The van der Waals surface area contributed by atoms with Crippen LogP contribution in [0.2, 0.25) is 0 Å².